The van der Waals surface area contributed by atoms with E-state index in [9.17, 15) is 4.79 Å². The molecule has 5 N–H and O–H groups in total. The Morgan fingerprint density at radius 3 is 2.75 bits per heavy atom. The first-order valence-electron chi connectivity index (χ1n) is 11.9. The Morgan fingerprint density at radius 2 is 1.97 bits per heavy atom. The Balaban J connectivity index is 1.19. The summed E-state index contributed by atoms with van der Waals surface area (Å²) in [6.45, 7) is 2.71. The van der Waals surface area contributed by atoms with Gasteiger partial charge < -0.3 is 10.1 Å². The molecule has 1 aromatic rings. The van der Waals surface area contributed by atoms with E-state index in [1.165, 1.54) is 51.2 Å². The lowest BCUT2D eigenvalue weighted by atomic mass is 9.92. The van der Waals surface area contributed by atoms with Crippen molar-refractivity contribution in [3.8, 4) is 0 Å². The molecule has 0 spiro atoms. The standard InChI is InChI=1S/C24H37N5O3/c1-31-24(30)23-28-22(29-32-23)19-12-10-17(11-13-19)14-26-21-16-25-20(15-27-21)18-8-6-4-2-3-5-7-9-18/h6,8,10-13,18,20-23,25-29H,2-5,7,9,14-16H2,1H3/b8-6-. The van der Waals surface area contributed by atoms with E-state index in [1.807, 2.05) is 12.1 Å². The van der Waals surface area contributed by atoms with E-state index < -0.39 is 12.2 Å². The zero-order valence-electron chi connectivity index (χ0n) is 18.9. The fourth-order valence-corrected chi connectivity index (χ4v) is 4.64. The van der Waals surface area contributed by atoms with Crippen molar-refractivity contribution in [1.82, 2.24) is 26.7 Å². The highest BCUT2D eigenvalue weighted by atomic mass is 16.7. The maximum absolute atomic E-state index is 11.6. The van der Waals surface area contributed by atoms with Crippen LogP contribution in [0.3, 0.4) is 0 Å². The predicted octanol–water partition coefficient (Wildman–Crippen LogP) is 1.81. The van der Waals surface area contributed by atoms with E-state index in [0.717, 1.165) is 25.2 Å². The minimum absolute atomic E-state index is 0.242. The second-order valence-corrected chi connectivity index (χ2v) is 8.92. The Labute approximate surface area is 190 Å². The van der Waals surface area contributed by atoms with Crippen LogP contribution in [0.1, 0.15) is 55.8 Å². The number of benzene rings is 1. The number of ether oxygens (including phenoxy) is 1. The number of allylic oxidation sites excluding steroid dienone is 1. The predicted molar refractivity (Wildman–Crippen MR) is 123 cm³/mol. The van der Waals surface area contributed by atoms with Gasteiger partial charge >= 0.3 is 5.97 Å². The third-order valence-electron chi connectivity index (χ3n) is 6.63. The summed E-state index contributed by atoms with van der Waals surface area (Å²) in [6.07, 6.45) is 12.0. The van der Waals surface area contributed by atoms with Crippen LogP contribution in [0.25, 0.3) is 0 Å². The van der Waals surface area contributed by atoms with E-state index in [0.29, 0.717) is 12.0 Å². The minimum Gasteiger partial charge on any atom is -0.466 e. The number of methoxy groups -OCH3 is 1. The molecule has 8 heteroatoms. The zero-order valence-corrected chi connectivity index (χ0v) is 18.9. The normalized spacial score (nSPS) is 32.5. The molecule has 0 aromatic heterocycles. The molecule has 176 valence electrons. The highest BCUT2D eigenvalue weighted by molar-refractivity contribution is 5.74. The van der Waals surface area contributed by atoms with Crippen LogP contribution in [-0.2, 0) is 20.9 Å². The number of hydrogen-bond donors (Lipinski definition) is 5. The van der Waals surface area contributed by atoms with Gasteiger partial charge in [0.15, 0.2) is 0 Å². The number of rotatable bonds is 6. The quantitative estimate of drug-likeness (QED) is 0.336. The van der Waals surface area contributed by atoms with Crippen LogP contribution in [-0.4, -0.2) is 44.6 Å². The summed E-state index contributed by atoms with van der Waals surface area (Å²) in [4.78, 5) is 16.8. The maximum Gasteiger partial charge on any atom is 0.352 e. The van der Waals surface area contributed by atoms with E-state index in [1.54, 1.807) is 0 Å². The molecule has 2 heterocycles. The summed E-state index contributed by atoms with van der Waals surface area (Å²) in [5, 5.41) is 14.1. The van der Waals surface area contributed by atoms with Crippen LogP contribution in [0.4, 0.5) is 0 Å². The number of hydrogen-bond acceptors (Lipinski definition) is 8. The summed E-state index contributed by atoms with van der Waals surface area (Å²) in [7, 11) is 1.34. The van der Waals surface area contributed by atoms with E-state index in [-0.39, 0.29) is 12.3 Å². The Bertz CT molecular complexity index is 749. The molecule has 5 atom stereocenters. The fraction of sp³-hybridized carbons (Fsp3) is 0.625. The van der Waals surface area contributed by atoms with Crippen molar-refractivity contribution in [2.24, 2.45) is 5.92 Å². The lowest BCUT2D eigenvalue weighted by Gasteiger charge is -2.35. The van der Waals surface area contributed by atoms with Gasteiger partial charge in [-0.15, -0.1) is 0 Å². The number of carbonyl (C=O) groups excluding carboxylic acids is 1. The summed E-state index contributed by atoms with van der Waals surface area (Å²) in [5.41, 5.74) is 5.04. The largest absolute Gasteiger partial charge is 0.466 e. The van der Waals surface area contributed by atoms with E-state index in [2.05, 4.69) is 51.0 Å². The van der Waals surface area contributed by atoms with Gasteiger partial charge in [0.2, 0.25) is 6.23 Å². The van der Waals surface area contributed by atoms with Gasteiger partial charge in [-0.25, -0.2) is 4.79 Å². The van der Waals surface area contributed by atoms with Crippen LogP contribution in [0.2, 0.25) is 0 Å². The molecule has 1 aliphatic carbocycles. The first kappa shape index (κ1) is 23.4. The minimum atomic E-state index is -0.789. The molecule has 2 saturated heterocycles. The molecule has 32 heavy (non-hydrogen) atoms. The van der Waals surface area contributed by atoms with Crippen molar-refractivity contribution in [3.05, 3.63) is 47.5 Å². The first-order valence-corrected chi connectivity index (χ1v) is 11.9. The number of piperazine rings is 1. The second-order valence-electron chi connectivity index (χ2n) is 8.92. The summed E-state index contributed by atoms with van der Waals surface area (Å²) >= 11 is 0. The SMILES string of the molecule is COC(=O)C1NC(c2ccc(CNC3CNC(C4/C=C\CCCCCC4)CN3)cc2)NO1. The molecule has 0 saturated carbocycles. The van der Waals surface area contributed by atoms with E-state index >= 15 is 0 Å². The van der Waals surface area contributed by atoms with Crippen LogP contribution >= 0.6 is 0 Å². The number of nitrogens with one attached hydrogen (secondary N) is 5. The summed E-state index contributed by atoms with van der Waals surface area (Å²) in [6, 6.07) is 8.79. The number of carbonyl (C=O) groups is 1. The maximum atomic E-state index is 11.6. The molecule has 0 radical (unpaired) electrons. The Kier molecular flexibility index (Phi) is 8.67. The van der Waals surface area contributed by atoms with Gasteiger partial charge in [0.1, 0.15) is 6.17 Å². The van der Waals surface area contributed by atoms with Crippen LogP contribution in [0, 0.1) is 5.92 Å². The Morgan fingerprint density at radius 1 is 1.12 bits per heavy atom. The van der Waals surface area contributed by atoms with Crippen molar-refractivity contribution >= 4 is 5.97 Å². The van der Waals surface area contributed by atoms with Crippen molar-refractivity contribution in [2.75, 3.05) is 20.2 Å². The lowest BCUT2D eigenvalue weighted by molar-refractivity contribution is -0.155. The smallest absolute Gasteiger partial charge is 0.352 e. The second kappa shape index (κ2) is 11.9. The molecule has 0 amide bonds. The highest BCUT2D eigenvalue weighted by Crippen LogP contribution is 2.21. The van der Waals surface area contributed by atoms with Crippen LogP contribution < -0.4 is 26.7 Å². The zero-order chi connectivity index (χ0) is 22.2. The molecule has 8 nitrogen and oxygen atoms in total. The molecule has 2 fully saturated rings. The third kappa shape index (κ3) is 6.37. The average Bonchev–Trinajstić information content (AvgIpc) is 3.37. The molecule has 4 rings (SSSR count). The fourth-order valence-electron chi connectivity index (χ4n) is 4.64. The molecule has 3 aliphatic rings. The van der Waals surface area contributed by atoms with E-state index in [4.69, 9.17) is 9.57 Å². The van der Waals surface area contributed by atoms with Crippen molar-refractivity contribution in [2.45, 2.75) is 69.7 Å². The lowest BCUT2D eigenvalue weighted by Crippen LogP contribution is -2.61. The van der Waals surface area contributed by atoms with Crippen LogP contribution in [0.15, 0.2) is 36.4 Å². The molecule has 2 aliphatic heterocycles. The average molecular weight is 444 g/mol. The number of hydroxylamine groups is 1. The molecule has 1 aromatic carbocycles. The van der Waals surface area contributed by atoms with Gasteiger partial charge in [0.25, 0.3) is 0 Å². The summed E-state index contributed by atoms with van der Waals surface area (Å²) in [5.74, 6) is 0.187. The van der Waals surface area contributed by atoms with Gasteiger partial charge in [-0.3, -0.25) is 20.8 Å². The van der Waals surface area contributed by atoms with Gasteiger partial charge in [-0.2, -0.15) is 5.48 Å². The van der Waals surface area contributed by atoms with Crippen LogP contribution in [0.5, 0.6) is 0 Å². The number of esters is 1. The van der Waals surface area contributed by atoms with Gasteiger partial charge in [0, 0.05) is 25.7 Å². The van der Waals surface area contributed by atoms with Crippen molar-refractivity contribution in [3.63, 3.8) is 0 Å². The summed E-state index contributed by atoms with van der Waals surface area (Å²) < 4.78 is 4.69. The third-order valence-corrected chi connectivity index (χ3v) is 6.63. The molecular weight excluding hydrogens is 406 g/mol. The topological polar surface area (TPSA) is 95.7 Å². The molecular formula is C24H37N5O3. The van der Waals surface area contributed by atoms with Crippen molar-refractivity contribution in [1.29, 1.82) is 0 Å². The van der Waals surface area contributed by atoms with Gasteiger partial charge in [-0.1, -0.05) is 55.7 Å². The molecule has 5 unspecified atom stereocenters. The van der Waals surface area contributed by atoms with Gasteiger partial charge in [0.05, 0.1) is 13.3 Å². The first-order chi connectivity index (χ1) is 15.7. The van der Waals surface area contributed by atoms with Crippen molar-refractivity contribution < 1.29 is 14.4 Å². The van der Waals surface area contributed by atoms with Gasteiger partial charge in [-0.05, 0) is 36.3 Å². The molecule has 0 bridgehead atoms. The highest BCUT2D eigenvalue weighted by Gasteiger charge is 2.31. The Hall–Kier alpha value is -1.81. The monoisotopic (exact) mass is 443 g/mol.